The zero-order chi connectivity index (χ0) is 23.7. The Morgan fingerprint density at radius 3 is 2.65 bits per heavy atom. The van der Waals surface area contributed by atoms with E-state index in [1.807, 2.05) is 0 Å². The SMILES string of the molecule is Cn1nc(C(=O)N2CCCCC2Cc2nnc(-c3ccccc3F)o2)c(-c2ccc(F)cc2)n1. The lowest BCUT2D eigenvalue weighted by Gasteiger charge is -2.34. The third-order valence-electron chi connectivity index (χ3n) is 5.90. The Morgan fingerprint density at radius 1 is 1.06 bits per heavy atom. The number of carbonyl (C=O) groups is 1. The van der Waals surface area contributed by atoms with Crippen molar-refractivity contribution in [1.82, 2.24) is 30.1 Å². The molecule has 2 aromatic heterocycles. The topological polar surface area (TPSA) is 89.9 Å². The molecule has 0 bridgehead atoms. The average molecular weight is 464 g/mol. The van der Waals surface area contributed by atoms with Gasteiger partial charge in [-0.3, -0.25) is 4.79 Å². The number of nitrogens with zero attached hydrogens (tertiary/aromatic N) is 6. The van der Waals surface area contributed by atoms with E-state index in [9.17, 15) is 13.6 Å². The lowest BCUT2D eigenvalue weighted by Crippen LogP contribution is -2.45. The summed E-state index contributed by atoms with van der Waals surface area (Å²) in [5, 5.41) is 16.7. The molecular weight excluding hydrogens is 442 g/mol. The van der Waals surface area contributed by atoms with Crippen LogP contribution in [-0.4, -0.2) is 48.6 Å². The molecule has 174 valence electrons. The number of rotatable bonds is 5. The molecule has 2 aromatic carbocycles. The molecule has 1 atom stereocenters. The van der Waals surface area contributed by atoms with Crippen LogP contribution in [0, 0.1) is 11.6 Å². The number of aryl methyl sites for hydroxylation is 1. The highest BCUT2D eigenvalue weighted by atomic mass is 19.1. The number of likely N-dealkylation sites (tertiary alicyclic amines) is 1. The smallest absolute Gasteiger partial charge is 0.276 e. The van der Waals surface area contributed by atoms with Crippen molar-refractivity contribution in [3.8, 4) is 22.7 Å². The molecule has 34 heavy (non-hydrogen) atoms. The summed E-state index contributed by atoms with van der Waals surface area (Å²) in [6.45, 7) is 0.553. The van der Waals surface area contributed by atoms with Crippen LogP contribution in [0.3, 0.4) is 0 Å². The van der Waals surface area contributed by atoms with Crippen LogP contribution in [0.4, 0.5) is 8.78 Å². The minimum absolute atomic E-state index is 0.106. The molecule has 0 spiro atoms. The first kappa shape index (κ1) is 21.9. The van der Waals surface area contributed by atoms with Gasteiger partial charge in [0.05, 0.1) is 5.56 Å². The number of piperidine rings is 1. The molecule has 1 amide bonds. The number of carbonyl (C=O) groups excluding carboxylic acids is 1. The Bertz CT molecular complexity index is 1320. The van der Waals surface area contributed by atoms with E-state index in [0.29, 0.717) is 30.1 Å². The highest BCUT2D eigenvalue weighted by molar-refractivity contribution is 5.98. The van der Waals surface area contributed by atoms with E-state index < -0.39 is 5.82 Å². The predicted octanol–water partition coefficient (Wildman–Crippen LogP) is 4.05. The Labute approximate surface area is 194 Å². The molecule has 0 N–H and O–H groups in total. The van der Waals surface area contributed by atoms with Crippen molar-refractivity contribution in [2.45, 2.75) is 31.7 Å². The van der Waals surface area contributed by atoms with E-state index in [2.05, 4.69) is 20.4 Å². The summed E-state index contributed by atoms with van der Waals surface area (Å²) >= 11 is 0. The lowest BCUT2D eigenvalue weighted by atomic mass is 9.98. The van der Waals surface area contributed by atoms with E-state index in [1.165, 1.54) is 23.0 Å². The minimum atomic E-state index is -0.442. The molecule has 0 saturated carbocycles. The Hall–Kier alpha value is -3.95. The van der Waals surface area contributed by atoms with Gasteiger partial charge in [0.1, 0.15) is 17.3 Å². The fraction of sp³-hybridized carbons (Fsp3) is 0.292. The van der Waals surface area contributed by atoms with Gasteiger partial charge in [-0.1, -0.05) is 12.1 Å². The van der Waals surface area contributed by atoms with Gasteiger partial charge >= 0.3 is 0 Å². The summed E-state index contributed by atoms with van der Waals surface area (Å²) in [7, 11) is 1.64. The molecule has 3 heterocycles. The van der Waals surface area contributed by atoms with Gasteiger partial charge < -0.3 is 9.32 Å². The van der Waals surface area contributed by atoms with E-state index in [-0.39, 0.29) is 34.9 Å². The molecule has 1 saturated heterocycles. The third kappa shape index (κ3) is 4.30. The number of aromatic nitrogens is 5. The second-order valence-electron chi connectivity index (χ2n) is 8.23. The number of hydrogen-bond donors (Lipinski definition) is 0. The van der Waals surface area contributed by atoms with E-state index in [0.717, 1.165) is 19.3 Å². The van der Waals surface area contributed by atoms with Gasteiger partial charge in [-0.15, -0.1) is 15.3 Å². The minimum Gasteiger partial charge on any atom is -0.421 e. The second-order valence-corrected chi connectivity index (χ2v) is 8.23. The highest BCUT2D eigenvalue weighted by Gasteiger charge is 2.32. The fourth-order valence-electron chi connectivity index (χ4n) is 4.25. The quantitative estimate of drug-likeness (QED) is 0.443. The molecule has 1 aliphatic heterocycles. The zero-order valence-corrected chi connectivity index (χ0v) is 18.5. The molecular formula is C24H22F2N6O2. The molecule has 0 radical (unpaired) electrons. The summed E-state index contributed by atoms with van der Waals surface area (Å²) < 4.78 is 33.2. The lowest BCUT2D eigenvalue weighted by molar-refractivity contribution is 0.0599. The summed E-state index contributed by atoms with van der Waals surface area (Å²) in [5.74, 6) is -0.629. The molecule has 8 nitrogen and oxygen atoms in total. The molecule has 0 aliphatic carbocycles. The Kier molecular flexibility index (Phi) is 5.87. The largest absolute Gasteiger partial charge is 0.421 e. The van der Waals surface area contributed by atoms with Crippen LogP contribution in [0.15, 0.2) is 52.9 Å². The predicted molar refractivity (Wildman–Crippen MR) is 118 cm³/mol. The maximum absolute atomic E-state index is 14.1. The zero-order valence-electron chi connectivity index (χ0n) is 18.5. The molecule has 1 aliphatic rings. The maximum Gasteiger partial charge on any atom is 0.276 e. The highest BCUT2D eigenvalue weighted by Crippen LogP contribution is 2.28. The normalized spacial score (nSPS) is 16.1. The first-order chi connectivity index (χ1) is 16.5. The van der Waals surface area contributed by atoms with Crippen LogP contribution in [0.5, 0.6) is 0 Å². The van der Waals surface area contributed by atoms with Gasteiger partial charge in [0, 0.05) is 31.6 Å². The first-order valence-electron chi connectivity index (χ1n) is 11.0. The van der Waals surface area contributed by atoms with Crippen LogP contribution in [-0.2, 0) is 13.5 Å². The standard InChI is InChI=1S/C24H22F2N6O2/c1-31-29-21(15-9-11-16(25)12-10-15)22(30-31)24(33)32-13-5-4-6-17(32)14-20-27-28-23(34-20)18-7-2-3-8-19(18)26/h2-3,7-12,17H,4-6,13-14H2,1H3. The van der Waals surface area contributed by atoms with E-state index in [1.54, 1.807) is 42.3 Å². The first-order valence-corrected chi connectivity index (χ1v) is 11.0. The van der Waals surface area contributed by atoms with Crippen molar-refractivity contribution in [3.63, 3.8) is 0 Å². The Morgan fingerprint density at radius 2 is 1.85 bits per heavy atom. The van der Waals surface area contributed by atoms with Gasteiger partial charge in [0.25, 0.3) is 11.8 Å². The summed E-state index contributed by atoms with van der Waals surface area (Å²) in [6.07, 6.45) is 2.92. The number of amides is 1. The van der Waals surface area contributed by atoms with Crippen LogP contribution >= 0.6 is 0 Å². The summed E-state index contributed by atoms with van der Waals surface area (Å²) in [6, 6.07) is 11.8. The van der Waals surface area contributed by atoms with Crippen molar-refractivity contribution in [2.24, 2.45) is 7.05 Å². The second kappa shape index (κ2) is 9.12. The van der Waals surface area contributed by atoms with E-state index in [4.69, 9.17) is 4.42 Å². The average Bonchev–Trinajstić information content (AvgIpc) is 3.46. The Balaban J connectivity index is 1.39. The van der Waals surface area contributed by atoms with Crippen molar-refractivity contribution >= 4 is 5.91 Å². The summed E-state index contributed by atoms with van der Waals surface area (Å²) in [5.41, 5.74) is 1.45. The van der Waals surface area contributed by atoms with Crippen molar-refractivity contribution < 1.29 is 18.0 Å². The number of hydrogen-bond acceptors (Lipinski definition) is 6. The molecule has 10 heteroatoms. The van der Waals surface area contributed by atoms with Gasteiger partial charge in [-0.25, -0.2) is 8.78 Å². The van der Waals surface area contributed by atoms with E-state index >= 15 is 0 Å². The van der Waals surface area contributed by atoms with Crippen LogP contribution < -0.4 is 0 Å². The third-order valence-corrected chi connectivity index (χ3v) is 5.90. The molecule has 5 rings (SSSR count). The summed E-state index contributed by atoms with van der Waals surface area (Å²) in [4.78, 5) is 16.7. The van der Waals surface area contributed by atoms with Crippen molar-refractivity contribution in [1.29, 1.82) is 0 Å². The van der Waals surface area contributed by atoms with Gasteiger partial charge in [0.2, 0.25) is 5.89 Å². The van der Waals surface area contributed by atoms with Crippen molar-refractivity contribution in [3.05, 3.63) is 71.8 Å². The number of benzene rings is 2. The van der Waals surface area contributed by atoms with Gasteiger partial charge in [0.15, 0.2) is 5.69 Å². The maximum atomic E-state index is 14.1. The van der Waals surface area contributed by atoms with Gasteiger partial charge in [-0.2, -0.15) is 9.90 Å². The van der Waals surface area contributed by atoms with Crippen LogP contribution in [0.2, 0.25) is 0 Å². The molecule has 4 aromatic rings. The van der Waals surface area contributed by atoms with Crippen LogP contribution in [0.25, 0.3) is 22.7 Å². The van der Waals surface area contributed by atoms with Crippen molar-refractivity contribution in [2.75, 3.05) is 6.54 Å². The number of halogens is 2. The molecule has 1 unspecified atom stereocenters. The van der Waals surface area contributed by atoms with Crippen LogP contribution in [0.1, 0.15) is 35.6 Å². The molecule has 1 fully saturated rings. The fourth-order valence-corrected chi connectivity index (χ4v) is 4.25. The van der Waals surface area contributed by atoms with Gasteiger partial charge in [-0.05, 0) is 55.7 Å². The monoisotopic (exact) mass is 464 g/mol.